The predicted octanol–water partition coefficient (Wildman–Crippen LogP) is 1.81. The van der Waals surface area contributed by atoms with Gasteiger partial charge in [0.1, 0.15) is 5.82 Å². The minimum Gasteiger partial charge on any atom is -0.352 e. The Bertz CT molecular complexity index is 784. The van der Waals surface area contributed by atoms with Gasteiger partial charge in [-0.25, -0.2) is 4.98 Å². The summed E-state index contributed by atoms with van der Waals surface area (Å²) < 4.78 is 2.10. The molecule has 2 aromatic rings. The van der Waals surface area contributed by atoms with Gasteiger partial charge in [-0.15, -0.1) is 0 Å². The van der Waals surface area contributed by atoms with Crippen LogP contribution in [0.4, 0.5) is 0 Å². The van der Waals surface area contributed by atoms with Crippen LogP contribution in [-0.4, -0.2) is 62.5 Å². The van der Waals surface area contributed by atoms with Crippen LogP contribution in [0.2, 0.25) is 0 Å². The number of hydrogen-bond donors (Lipinski definition) is 1. The van der Waals surface area contributed by atoms with Crippen LogP contribution in [0.3, 0.4) is 0 Å². The SMILES string of the molecule is Cn1ccnc1CN1CCC(N2CCC[C@@H](C(=O)NCc3cccnc3)C2)CC1. The van der Waals surface area contributed by atoms with E-state index in [2.05, 4.69) is 36.7 Å². The Morgan fingerprint density at radius 1 is 1.21 bits per heavy atom. The van der Waals surface area contributed by atoms with E-state index in [4.69, 9.17) is 0 Å². The molecule has 0 aromatic carbocycles. The molecule has 0 radical (unpaired) electrons. The zero-order valence-corrected chi connectivity index (χ0v) is 17.3. The molecule has 29 heavy (non-hydrogen) atoms. The highest BCUT2D eigenvalue weighted by Crippen LogP contribution is 2.24. The Morgan fingerprint density at radius 3 is 2.79 bits per heavy atom. The number of piperidine rings is 2. The fourth-order valence-corrected chi connectivity index (χ4v) is 4.58. The molecule has 2 aliphatic heterocycles. The molecule has 0 bridgehead atoms. The molecule has 1 amide bonds. The second kappa shape index (κ2) is 9.50. The van der Waals surface area contributed by atoms with E-state index in [1.54, 1.807) is 6.20 Å². The molecule has 7 nitrogen and oxygen atoms in total. The second-order valence-electron chi connectivity index (χ2n) is 8.37. The predicted molar refractivity (Wildman–Crippen MR) is 112 cm³/mol. The van der Waals surface area contributed by atoms with Gasteiger partial charge in [-0.2, -0.15) is 0 Å². The van der Waals surface area contributed by atoms with Gasteiger partial charge in [0, 0.05) is 64.1 Å². The average molecular weight is 397 g/mol. The summed E-state index contributed by atoms with van der Waals surface area (Å²) in [6.07, 6.45) is 11.9. The lowest BCUT2D eigenvalue weighted by molar-refractivity contribution is -0.127. The van der Waals surface area contributed by atoms with E-state index in [1.165, 1.54) is 12.8 Å². The number of hydrogen-bond acceptors (Lipinski definition) is 5. The summed E-state index contributed by atoms with van der Waals surface area (Å²) in [4.78, 5) is 26.3. The van der Waals surface area contributed by atoms with Crippen LogP contribution in [0.25, 0.3) is 0 Å². The molecule has 2 saturated heterocycles. The lowest BCUT2D eigenvalue weighted by atomic mass is 9.93. The van der Waals surface area contributed by atoms with Crippen LogP contribution >= 0.6 is 0 Å². The Labute approximate surface area is 173 Å². The second-order valence-corrected chi connectivity index (χ2v) is 8.37. The first-order valence-electron chi connectivity index (χ1n) is 10.8. The van der Waals surface area contributed by atoms with Crippen molar-refractivity contribution in [1.82, 2.24) is 29.7 Å². The molecule has 7 heteroatoms. The number of aryl methyl sites for hydroxylation is 1. The minimum absolute atomic E-state index is 0.103. The Morgan fingerprint density at radius 2 is 2.07 bits per heavy atom. The maximum atomic E-state index is 12.7. The maximum Gasteiger partial charge on any atom is 0.224 e. The zero-order valence-electron chi connectivity index (χ0n) is 17.3. The van der Waals surface area contributed by atoms with E-state index in [0.29, 0.717) is 12.6 Å². The van der Waals surface area contributed by atoms with Crippen molar-refractivity contribution in [3.8, 4) is 0 Å². The quantitative estimate of drug-likeness (QED) is 0.807. The summed E-state index contributed by atoms with van der Waals surface area (Å²) in [6.45, 7) is 5.71. The Hall–Kier alpha value is -2.25. The van der Waals surface area contributed by atoms with Gasteiger partial charge in [0.2, 0.25) is 5.91 Å². The first kappa shape index (κ1) is 20.0. The molecule has 2 fully saturated rings. The molecule has 4 rings (SSSR count). The van der Waals surface area contributed by atoms with Crippen molar-refractivity contribution in [2.45, 2.75) is 44.8 Å². The normalized spacial score (nSPS) is 21.9. The first-order valence-corrected chi connectivity index (χ1v) is 10.8. The van der Waals surface area contributed by atoms with Crippen LogP contribution in [-0.2, 0) is 24.9 Å². The van der Waals surface area contributed by atoms with Crippen molar-refractivity contribution < 1.29 is 4.79 Å². The standard InChI is InChI=1S/C22H32N6O/c1-26-13-9-24-21(26)17-27-11-6-20(7-12-27)28-10-3-5-19(16-28)22(29)25-15-18-4-2-8-23-14-18/h2,4,8-9,13-14,19-20H,3,5-7,10-12,15-17H2,1H3,(H,25,29)/t19-/m1/s1. The molecular formula is C22H32N6O. The zero-order chi connectivity index (χ0) is 20.1. The van der Waals surface area contributed by atoms with E-state index < -0.39 is 0 Å². The summed E-state index contributed by atoms with van der Waals surface area (Å²) >= 11 is 0. The number of carbonyl (C=O) groups excluding carboxylic acids is 1. The molecule has 1 atom stereocenters. The molecule has 2 aromatic heterocycles. The molecule has 0 unspecified atom stereocenters. The van der Waals surface area contributed by atoms with Crippen molar-refractivity contribution in [1.29, 1.82) is 0 Å². The van der Waals surface area contributed by atoms with E-state index in [-0.39, 0.29) is 11.8 Å². The van der Waals surface area contributed by atoms with Crippen LogP contribution in [0, 0.1) is 5.92 Å². The molecule has 0 spiro atoms. The molecule has 156 valence electrons. The van der Waals surface area contributed by atoms with E-state index in [9.17, 15) is 4.79 Å². The average Bonchev–Trinajstić information content (AvgIpc) is 3.18. The van der Waals surface area contributed by atoms with Crippen LogP contribution in [0.15, 0.2) is 36.9 Å². The maximum absolute atomic E-state index is 12.7. The monoisotopic (exact) mass is 396 g/mol. The third-order valence-corrected chi connectivity index (χ3v) is 6.37. The van der Waals surface area contributed by atoms with Gasteiger partial charge >= 0.3 is 0 Å². The highest BCUT2D eigenvalue weighted by Gasteiger charge is 2.31. The van der Waals surface area contributed by atoms with E-state index in [0.717, 1.165) is 57.0 Å². The van der Waals surface area contributed by atoms with Gasteiger partial charge < -0.3 is 9.88 Å². The third kappa shape index (κ3) is 5.22. The number of aromatic nitrogens is 3. The molecule has 0 aliphatic carbocycles. The van der Waals surface area contributed by atoms with Gasteiger partial charge in [0.25, 0.3) is 0 Å². The summed E-state index contributed by atoms with van der Waals surface area (Å²) in [5, 5.41) is 3.11. The van der Waals surface area contributed by atoms with E-state index >= 15 is 0 Å². The number of imidazole rings is 1. The van der Waals surface area contributed by atoms with Gasteiger partial charge in [-0.3, -0.25) is 19.6 Å². The number of carbonyl (C=O) groups is 1. The van der Waals surface area contributed by atoms with Crippen LogP contribution < -0.4 is 5.32 Å². The van der Waals surface area contributed by atoms with Crippen molar-refractivity contribution in [2.75, 3.05) is 26.2 Å². The largest absolute Gasteiger partial charge is 0.352 e. The Balaban J connectivity index is 1.23. The number of likely N-dealkylation sites (tertiary alicyclic amines) is 2. The fraction of sp³-hybridized carbons (Fsp3) is 0.591. The molecule has 0 saturated carbocycles. The number of pyridine rings is 1. The van der Waals surface area contributed by atoms with Gasteiger partial charge in [0.15, 0.2) is 0 Å². The van der Waals surface area contributed by atoms with Crippen molar-refractivity contribution in [2.24, 2.45) is 13.0 Å². The summed E-state index contributed by atoms with van der Waals surface area (Å²) in [6, 6.07) is 4.50. The topological polar surface area (TPSA) is 66.3 Å². The number of nitrogens with one attached hydrogen (secondary N) is 1. The number of rotatable bonds is 6. The molecule has 2 aliphatic rings. The minimum atomic E-state index is 0.103. The van der Waals surface area contributed by atoms with Gasteiger partial charge in [0.05, 0.1) is 12.5 Å². The number of nitrogens with zero attached hydrogens (tertiary/aromatic N) is 5. The fourth-order valence-electron chi connectivity index (χ4n) is 4.58. The van der Waals surface area contributed by atoms with Gasteiger partial charge in [-0.05, 0) is 43.9 Å². The lowest BCUT2D eigenvalue weighted by Gasteiger charge is -2.42. The first-order chi connectivity index (χ1) is 14.2. The summed E-state index contributed by atoms with van der Waals surface area (Å²) in [5.74, 6) is 1.42. The van der Waals surface area contributed by atoms with Crippen LogP contribution in [0.5, 0.6) is 0 Å². The lowest BCUT2D eigenvalue weighted by Crippen LogP contribution is -2.50. The highest BCUT2D eigenvalue weighted by molar-refractivity contribution is 5.78. The summed E-state index contributed by atoms with van der Waals surface area (Å²) in [7, 11) is 2.06. The smallest absolute Gasteiger partial charge is 0.224 e. The molecule has 4 heterocycles. The summed E-state index contributed by atoms with van der Waals surface area (Å²) in [5.41, 5.74) is 1.05. The van der Waals surface area contributed by atoms with Crippen molar-refractivity contribution in [3.05, 3.63) is 48.3 Å². The third-order valence-electron chi connectivity index (χ3n) is 6.37. The molecular weight excluding hydrogens is 364 g/mol. The van der Waals surface area contributed by atoms with Crippen LogP contribution in [0.1, 0.15) is 37.1 Å². The highest BCUT2D eigenvalue weighted by atomic mass is 16.1. The van der Waals surface area contributed by atoms with Crippen molar-refractivity contribution in [3.63, 3.8) is 0 Å². The van der Waals surface area contributed by atoms with E-state index in [1.807, 2.05) is 30.7 Å². The molecule has 1 N–H and O–H groups in total. The van der Waals surface area contributed by atoms with Gasteiger partial charge in [-0.1, -0.05) is 6.07 Å². The van der Waals surface area contributed by atoms with Crippen molar-refractivity contribution >= 4 is 5.91 Å². The number of amides is 1. The Kier molecular flexibility index (Phi) is 6.56.